The third-order valence-electron chi connectivity index (χ3n) is 6.72. The van der Waals surface area contributed by atoms with Crippen molar-refractivity contribution >= 4 is 23.2 Å². The van der Waals surface area contributed by atoms with Gasteiger partial charge in [-0.15, -0.1) is 6.58 Å². The Morgan fingerprint density at radius 3 is 2.66 bits per heavy atom. The van der Waals surface area contributed by atoms with Crippen LogP contribution in [0, 0.1) is 0 Å². The molecule has 2 aliphatic heterocycles. The first-order chi connectivity index (χ1) is 14.0. The van der Waals surface area contributed by atoms with Gasteiger partial charge in [0.25, 0.3) is 0 Å². The van der Waals surface area contributed by atoms with Gasteiger partial charge in [0, 0.05) is 18.0 Å². The molecule has 1 aliphatic carbocycles. The van der Waals surface area contributed by atoms with Crippen LogP contribution in [0.2, 0.25) is 10.0 Å². The van der Waals surface area contributed by atoms with Gasteiger partial charge in [-0.2, -0.15) is 0 Å². The van der Waals surface area contributed by atoms with E-state index in [4.69, 9.17) is 23.2 Å². The molecule has 154 valence electrons. The Morgan fingerprint density at radius 1 is 1.10 bits per heavy atom. The first-order valence-corrected chi connectivity index (χ1v) is 11.7. The van der Waals surface area contributed by atoms with Crippen molar-refractivity contribution in [1.82, 2.24) is 4.90 Å². The van der Waals surface area contributed by atoms with Crippen LogP contribution in [0.3, 0.4) is 0 Å². The van der Waals surface area contributed by atoms with Crippen LogP contribution in [-0.4, -0.2) is 17.5 Å². The number of hydrogen-bond donors (Lipinski definition) is 0. The summed E-state index contributed by atoms with van der Waals surface area (Å²) >= 11 is 12.6. The summed E-state index contributed by atoms with van der Waals surface area (Å²) in [4.78, 5) is 2.81. The minimum absolute atomic E-state index is 0.527. The van der Waals surface area contributed by atoms with Gasteiger partial charge >= 0.3 is 0 Å². The zero-order chi connectivity index (χ0) is 20.5. The van der Waals surface area contributed by atoms with E-state index in [-0.39, 0.29) is 0 Å². The smallest absolute Gasteiger partial charge is 0.0598 e. The van der Waals surface area contributed by atoms with Gasteiger partial charge in [0.05, 0.1) is 10.0 Å². The number of nitrogens with zero attached hydrogens (tertiary/aromatic N) is 1. The molecule has 0 amide bonds. The van der Waals surface area contributed by atoms with E-state index in [9.17, 15) is 0 Å². The summed E-state index contributed by atoms with van der Waals surface area (Å²) in [5, 5.41) is 1.24. The van der Waals surface area contributed by atoms with Crippen molar-refractivity contribution in [3.8, 4) is 11.1 Å². The molecule has 2 aromatic rings. The van der Waals surface area contributed by atoms with Gasteiger partial charge in [0.1, 0.15) is 0 Å². The summed E-state index contributed by atoms with van der Waals surface area (Å²) in [7, 11) is 0. The zero-order valence-electron chi connectivity index (χ0n) is 17.6. The van der Waals surface area contributed by atoms with Crippen LogP contribution in [0.25, 0.3) is 11.1 Å². The molecular weight excluding hydrogens is 397 g/mol. The van der Waals surface area contributed by atoms with Gasteiger partial charge < -0.3 is 0 Å². The molecule has 2 heterocycles. The molecule has 2 aromatic carbocycles. The molecule has 1 nitrogen and oxygen atoms in total. The van der Waals surface area contributed by atoms with Crippen LogP contribution in [-0.2, 0) is 0 Å². The van der Waals surface area contributed by atoms with Gasteiger partial charge in [-0.3, -0.25) is 4.90 Å². The number of rotatable bonds is 7. The minimum Gasteiger partial charge on any atom is -0.292 e. The molecule has 1 fully saturated rings. The fourth-order valence-corrected chi connectivity index (χ4v) is 5.81. The lowest BCUT2D eigenvalue weighted by Gasteiger charge is -2.53. The molecule has 3 atom stereocenters. The van der Waals surface area contributed by atoms with E-state index in [1.165, 1.54) is 60.9 Å². The van der Waals surface area contributed by atoms with Crippen molar-refractivity contribution in [2.45, 2.75) is 70.4 Å². The maximum Gasteiger partial charge on any atom is 0.0598 e. The third-order valence-corrected chi connectivity index (χ3v) is 7.46. The average molecular weight is 428 g/mol. The van der Waals surface area contributed by atoms with Crippen molar-refractivity contribution in [3.63, 3.8) is 0 Å². The second kappa shape index (κ2) is 8.84. The van der Waals surface area contributed by atoms with Crippen LogP contribution in [0.15, 0.2) is 48.6 Å². The highest BCUT2D eigenvalue weighted by atomic mass is 35.5. The molecule has 1 saturated heterocycles. The van der Waals surface area contributed by atoms with E-state index < -0.39 is 0 Å². The molecule has 0 spiro atoms. The summed E-state index contributed by atoms with van der Waals surface area (Å²) < 4.78 is 0. The highest BCUT2D eigenvalue weighted by Gasteiger charge is 2.45. The van der Waals surface area contributed by atoms with E-state index in [1.54, 1.807) is 5.56 Å². The second-order valence-electron chi connectivity index (χ2n) is 8.81. The number of benzene rings is 2. The van der Waals surface area contributed by atoms with Gasteiger partial charge in [-0.25, -0.2) is 0 Å². The lowest BCUT2D eigenvalue weighted by molar-refractivity contribution is 0.0453. The van der Waals surface area contributed by atoms with E-state index in [0.29, 0.717) is 28.0 Å². The fraction of sp³-hybridized carbons (Fsp3) is 0.462. The molecule has 3 heteroatoms. The number of halogens is 2. The monoisotopic (exact) mass is 427 g/mol. The van der Waals surface area contributed by atoms with Gasteiger partial charge in [-0.05, 0) is 73.5 Å². The van der Waals surface area contributed by atoms with Crippen molar-refractivity contribution in [2.75, 3.05) is 6.54 Å². The summed E-state index contributed by atoms with van der Waals surface area (Å²) in [6, 6.07) is 14.0. The van der Waals surface area contributed by atoms with E-state index in [2.05, 4.69) is 49.6 Å². The lowest BCUT2D eigenvalue weighted by atomic mass is 9.67. The molecule has 0 radical (unpaired) electrons. The van der Waals surface area contributed by atoms with E-state index in [0.717, 1.165) is 6.42 Å². The summed E-state index contributed by atoms with van der Waals surface area (Å²) in [5.41, 5.74) is 6.86. The normalized spacial score (nSPS) is 23.2. The Balaban J connectivity index is 1.78. The van der Waals surface area contributed by atoms with Gasteiger partial charge in [0.15, 0.2) is 0 Å². The van der Waals surface area contributed by atoms with Crippen LogP contribution < -0.4 is 0 Å². The van der Waals surface area contributed by atoms with Crippen LogP contribution in [0.5, 0.6) is 0 Å². The Bertz CT molecular complexity index is 904. The maximum atomic E-state index is 6.37. The van der Waals surface area contributed by atoms with Crippen molar-refractivity contribution in [1.29, 1.82) is 0 Å². The number of piperidine rings is 1. The maximum absolute atomic E-state index is 6.37. The molecule has 3 aliphatic rings. The quantitative estimate of drug-likeness (QED) is 0.316. The summed E-state index contributed by atoms with van der Waals surface area (Å²) in [6.45, 7) is 9.92. The number of hydrogen-bond acceptors (Lipinski definition) is 1. The Hall–Kier alpha value is -1.28. The predicted octanol–water partition coefficient (Wildman–Crippen LogP) is 8.42. The van der Waals surface area contributed by atoms with Crippen LogP contribution in [0.4, 0.5) is 0 Å². The highest BCUT2D eigenvalue weighted by molar-refractivity contribution is 6.42. The molecule has 29 heavy (non-hydrogen) atoms. The predicted molar refractivity (Wildman–Crippen MR) is 126 cm³/mol. The van der Waals surface area contributed by atoms with Crippen molar-refractivity contribution in [2.24, 2.45) is 0 Å². The van der Waals surface area contributed by atoms with Crippen LogP contribution in [0.1, 0.15) is 75.5 Å². The van der Waals surface area contributed by atoms with Gasteiger partial charge in [0.2, 0.25) is 0 Å². The summed E-state index contributed by atoms with van der Waals surface area (Å²) in [6.07, 6.45) is 7.48. The molecule has 0 N–H and O–H groups in total. The first-order valence-electron chi connectivity index (χ1n) is 11.0. The molecule has 3 unspecified atom stereocenters. The zero-order valence-corrected chi connectivity index (χ0v) is 19.1. The SMILES string of the molecule is C=C(C)CC1C2CCC(c3cccc(-c4ccc(Cl)c(Cl)c4)c32)N1CCCCC. The molecular formula is C26H31Cl2N. The van der Waals surface area contributed by atoms with E-state index in [1.807, 2.05) is 12.1 Å². The van der Waals surface area contributed by atoms with Crippen molar-refractivity contribution in [3.05, 3.63) is 69.7 Å². The van der Waals surface area contributed by atoms with Crippen molar-refractivity contribution < 1.29 is 0 Å². The van der Waals surface area contributed by atoms with E-state index >= 15 is 0 Å². The van der Waals surface area contributed by atoms with Crippen LogP contribution >= 0.6 is 23.2 Å². The molecule has 0 saturated carbocycles. The lowest BCUT2D eigenvalue weighted by Crippen LogP contribution is -2.50. The second-order valence-corrected chi connectivity index (χ2v) is 9.62. The van der Waals surface area contributed by atoms with Gasteiger partial charge in [-0.1, -0.05) is 72.8 Å². The standard InChI is InChI=1S/C26H31Cl2N/c1-4-5-6-14-29-24-13-11-21(25(29)15-17(2)3)26-19(8-7-9-20(24)26)18-10-12-22(27)23(28)16-18/h7-10,12,16,21,24-25H,2,4-6,11,13-15H2,1,3H3. The number of fused-ring (bicyclic) bond motifs is 2. The Labute approximate surface area is 185 Å². The molecule has 2 bridgehead atoms. The summed E-state index contributed by atoms with van der Waals surface area (Å²) in [5.74, 6) is 0.555. The molecule has 5 rings (SSSR count). The minimum atomic E-state index is 0.527. The topological polar surface area (TPSA) is 3.24 Å². The average Bonchev–Trinajstić information content (AvgIpc) is 2.71. The third kappa shape index (κ3) is 4.02. The highest BCUT2D eigenvalue weighted by Crippen LogP contribution is 2.54. The largest absolute Gasteiger partial charge is 0.292 e. The number of unbranched alkanes of at least 4 members (excludes halogenated alkanes) is 2. The Morgan fingerprint density at radius 2 is 1.93 bits per heavy atom. The molecule has 0 aromatic heterocycles. The first kappa shape index (κ1) is 21.0. The Kier molecular flexibility index (Phi) is 6.39. The fourth-order valence-electron chi connectivity index (χ4n) is 5.51.